The first kappa shape index (κ1) is 14.6. The monoisotopic (exact) mass is 298 g/mol. The molecule has 0 spiro atoms. The summed E-state index contributed by atoms with van der Waals surface area (Å²) in [6.07, 6.45) is 4.31. The van der Waals surface area contributed by atoms with Crippen molar-refractivity contribution in [1.29, 1.82) is 0 Å². The van der Waals surface area contributed by atoms with Gasteiger partial charge in [0.05, 0.1) is 6.04 Å². The van der Waals surface area contributed by atoms with Gasteiger partial charge in [0.15, 0.2) is 5.82 Å². The second kappa shape index (κ2) is 6.22. The van der Waals surface area contributed by atoms with E-state index in [0.29, 0.717) is 11.7 Å². The van der Waals surface area contributed by atoms with E-state index in [9.17, 15) is 4.79 Å². The van der Waals surface area contributed by atoms with E-state index in [-0.39, 0.29) is 18.1 Å². The van der Waals surface area contributed by atoms with Gasteiger partial charge in [0.1, 0.15) is 0 Å². The van der Waals surface area contributed by atoms with Crippen LogP contribution in [0, 0.1) is 5.92 Å². The molecule has 116 valence electrons. The van der Waals surface area contributed by atoms with Gasteiger partial charge in [0, 0.05) is 18.3 Å². The minimum atomic E-state index is -0.183. The van der Waals surface area contributed by atoms with E-state index < -0.39 is 0 Å². The van der Waals surface area contributed by atoms with Crippen molar-refractivity contribution in [2.75, 3.05) is 5.32 Å². The van der Waals surface area contributed by atoms with Gasteiger partial charge in [0.25, 0.3) is 0 Å². The highest BCUT2D eigenvalue weighted by Gasteiger charge is 2.28. The van der Waals surface area contributed by atoms with Crippen LogP contribution in [-0.2, 0) is 0 Å². The minimum absolute atomic E-state index is 0.130. The molecule has 1 fully saturated rings. The SMILES string of the molecule is CC(c1ccccc1)n1ccc(NC(=O)N[C@@H](C)C2CC2)n1. The molecule has 0 saturated heterocycles. The third-order valence-electron chi connectivity index (χ3n) is 4.22. The Balaban J connectivity index is 1.60. The molecule has 1 heterocycles. The Bertz CT molecular complexity index is 633. The molecule has 1 aliphatic rings. The summed E-state index contributed by atoms with van der Waals surface area (Å²) in [5.74, 6) is 1.21. The molecule has 1 aromatic heterocycles. The smallest absolute Gasteiger partial charge is 0.320 e. The lowest BCUT2D eigenvalue weighted by Gasteiger charge is -2.13. The van der Waals surface area contributed by atoms with E-state index in [2.05, 4.69) is 34.8 Å². The van der Waals surface area contributed by atoms with Gasteiger partial charge >= 0.3 is 6.03 Å². The van der Waals surface area contributed by atoms with Gasteiger partial charge in [-0.3, -0.25) is 10.00 Å². The fourth-order valence-corrected chi connectivity index (χ4v) is 2.58. The lowest BCUT2D eigenvalue weighted by atomic mass is 10.1. The van der Waals surface area contributed by atoms with Crippen molar-refractivity contribution in [3.63, 3.8) is 0 Å². The summed E-state index contributed by atoms with van der Waals surface area (Å²) in [5, 5.41) is 10.2. The Labute approximate surface area is 130 Å². The molecule has 2 atom stereocenters. The molecule has 5 heteroatoms. The lowest BCUT2D eigenvalue weighted by Crippen LogP contribution is -2.37. The number of anilines is 1. The van der Waals surface area contributed by atoms with Crippen LogP contribution in [-0.4, -0.2) is 21.9 Å². The molecule has 3 rings (SSSR count). The summed E-state index contributed by atoms with van der Waals surface area (Å²) >= 11 is 0. The fourth-order valence-electron chi connectivity index (χ4n) is 2.58. The number of urea groups is 1. The zero-order valence-electron chi connectivity index (χ0n) is 13.0. The normalized spacial score (nSPS) is 16.8. The van der Waals surface area contributed by atoms with Crippen molar-refractivity contribution in [2.45, 2.75) is 38.8 Å². The second-order valence-electron chi connectivity index (χ2n) is 5.99. The van der Waals surface area contributed by atoms with Gasteiger partial charge in [0.2, 0.25) is 0 Å². The first-order chi connectivity index (χ1) is 10.6. The molecular formula is C17H22N4O. The predicted octanol–water partition coefficient (Wildman–Crippen LogP) is 3.41. The first-order valence-corrected chi connectivity index (χ1v) is 7.81. The average molecular weight is 298 g/mol. The standard InChI is InChI=1S/C17H22N4O/c1-12(14-8-9-14)18-17(22)19-16-10-11-21(20-16)13(2)15-6-4-3-5-7-15/h3-7,10-14H,8-9H2,1-2H3,(H2,18,19,20,22)/t12-,13?/m0/s1. The van der Waals surface area contributed by atoms with E-state index in [1.807, 2.05) is 42.1 Å². The highest BCUT2D eigenvalue weighted by Crippen LogP contribution is 2.32. The summed E-state index contributed by atoms with van der Waals surface area (Å²) in [7, 11) is 0. The summed E-state index contributed by atoms with van der Waals surface area (Å²) < 4.78 is 1.86. The summed E-state index contributed by atoms with van der Waals surface area (Å²) in [6.45, 7) is 4.13. The number of aromatic nitrogens is 2. The number of nitrogens with one attached hydrogen (secondary N) is 2. The molecule has 2 N–H and O–H groups in total. The van der Waals surface area contributed by atoms with Crippen molar-refractivity contribution >= 4 is 11.8 Å². The van der Waals surface area contributed by atoms with Crippen LogP contribution in [0.4, 0.5) is 10.6 Å². The largest absolute Gasteiger partial charge is 0.335 e. The Kier molecular flexibility index (Phi) is 4.13. The molecular weight excluding hydrogens is 276 g/mol. The van der Waals surface area contributed by atoms with Crippen molar-refractivity contribution in [1.82, 2.24) is 15.1 Å². The van der Waals surface area contributed by atoms with Gasteiger partial charge in [-0.2, -0.15) is 5.10 Å². The van der Waals surface area contributed by atoms with E-state index in [4.69, 9.17) is 0 Å². The topological polar surface area (TPSA) is 59.0 Å². The molecule has 5 nitrogen and oxygen atoms in total. The highest BCUT2D eigenvalue weighted by atomic mass is 16.2. The molecule has 0 aliphatic heterocycles. The third-order valence-corrected chi connectivity index (χ3v) is 4.22. The summed E-state index contributed by atoms with van der Waals surface area (Å²) in [5.41, 5.74) is 1.18. The maximum atomic E-state index is 11.9. The van der Waals surface area contributed by atoms with Crippen LogP contribution >= 0.6 is 0 Å². The Hall–Kier alpha value is -2.30. The number of nitrogens with zero attached hydrogens (tertiary/aromatic N) is 2. The van der Waals surface area contributed by atoms with Crippen molar-refractivity contribution < 1.29 is 4.79 Å². The second-order valence-corrected chi connectivity index (χ2v) is 5.99. The Morgan fingerprint density at radius 1 is 1.23 bits per heavy atom. The van der Waals surface area contributed by atoms with Gasteiger partial charge < -0.3 is 5.32 Å². The van der Waals surface area contributed by atoms with Gasteiger partial charge in [-0.1, -0.05) is 30.3 Å². The number of carbonyl (C=O) groups is 1. The fraction of sp³-hybridized carbons (Fsp3) is 0.412. The maximum absolute atomic E-state index is 11.9. The zero-order valence-corrected chi connectivity index (χ0v) is 13.0. The van der Waals surface area contributed by atoms with Crippen LogP contribution < -0.4 is 10.6 Å². The molecule has 22 heavy (non-hydrogen) atoms. The van der Waals surface area contributed by atoms with E-state index in [1.54, 1.807) is 0 Å². The molecule has 1 unspecified atom stereocenters. The van der Waals surface area contributed by atoms with Crippen LogP contribution in [0.1, 0.15) is 38.3 Å². The summed E-state index contributed by atoms with van der Waals surface area (Å²) in [4.78, 5) is 11.9. The number of hydrogen-bond acceptors (Lipinski definition) is 2. The number of hydrogen-bond donors (Lipinski definition) is 2. The lowest BCUT2D eigenvalue weighted by molar-refractivity contribution is 0.248. The molecule has 1 aliphatic carbocycles. The Morgan fingerprint density at radius 3 is 2.64 bits per heavy atom. The van der Waals surface area contributed by atoms with Crippen LogP contribution in [0.15, 0.2) is 42.6 Å². The van der Waals surface area contributed by atoms with Crippen LogP contribution in [0.2, 0.25) is 0 Å². The zero-order chi connectivity index (χ0) is 15.5. The van der Waals surface area contributed by atoms with Crippen molar-refractivity contribution in [3.05, 3.63) is 48.2 Å². The number of carbonyl (C=O) groups excluding carboxylic acids is 1. The van der Waals surface area contributed by atoms with Crippen LogP contribution in [0.5, 0.6) is 0 Å². The van der Waals surface area contributed by atoms with E-state index in [0.717, 1.165) is 0 Å². The predicted molar refractivity (Wildman–Crippen MR) is 86.8 cm³/mol. The summed E-state index contributed by atoms with van der Waals surface area (Å²) in [6, 6.07) is 12.2. The highest BCUT2D eigenvalue weighted by molar-refractivity contribution is 5.88. The van der Waals surface area contributed by atoms with Crippen LogP contribution in [0.25, 0.3) is 0 Å². The van der Waals surface area contributed by atoms with E-state index in [1.165, 1.54) is 18.4 Å². The number of amides is 2. The molecule has 2 amide bonds. The molecule has 1 saturated carbocycles. The van der Waals surface area contributed by atoms with Crippen molar-refractivity contribution in [3.8, 4) is 0 Å². The molecule has 2 aromatic rings. The number of benzene rings is 1. The van der Waals surface area contributed by atoms with Gasteiger partial charge in [-0.15, -0.1) is 0 Å². The molecule has 1 aromatic carbocycles. The molecule has 0 bridgehead atoms. The van der Waals surface area contributed by atoms with E-state index >= 15 is 0 Å². The minimum Gasteiger partial charge on any atom is -0.335 e. The Morgan fingerprint density at radius 2 is 1.95 bits per heavy atom. The van der Waals surface area contributed by atoms with Crippen LogP contribution in [0.3, 0.4) is 0 Å². The maximum Gasteiger partial charge on any atom is 0.320 e. The third kappa shape index (κ3) is 3.47. The van der Waals surface area contributed by atoms with Crippen molar-refractivity contribution in [2.24, 2.45) is 5.92 Å². The average Bonchev–Trinajstić information content (AvgIpc) is 3.28. The molecule has 0 radical (unpaired) electrons. The van der Waals surface area contributed by atoms with Gasteiger partial charge in [-0.05, 0) is 38.2 Å². The van der Waals surface area contributed by atoms with Gasteiger partial charge in [-0.25, -0.2) is 4.79 Å². The first-order valence-electron chi connectivity index (χ1n) is 7.81. The quantitative estimate of drug-likeness (QED) is 0.888. The number of rotatable bonds is 5.